The van der Waals surface area contributed by atoms with Crippen molar-refractivity contribution in [1.29, 1.82) is 0 Å². The zero-order valence-electron chi connectivity index (χ0n) is 15.7. The Labute approximate surface area is 168 Å². The van der Waals surface area contributed by atoms with Crippen LogP contribution in [0, 0.1) is 6.92 Å². The molecular weight excluding hydrogens is 372 g/mol. The Morgan fingerprint density at radius 1 is 1.04 bits per heavy atom. The van der Waals surface area contributed by atoms with E-state index in [4.69, 9.17) is 4.74 Å². The first-order chi connectivity index (χ1) is 13.7. The van der Waals surface area contributed by atoms with Crippen molar-refractivity contribution in [3.05, 3.63) is 60.2 Å². The second-order valence-electron chi connectivity index (χ2n) is 6.58. The molecule has 4 rings (SSSR count). The number of hydrogen-bond donors (Lipinski definition) is 0. The molecule has 144 valence electrons. The number of benzene rings is 2. The van der Waals surface area contributed by atoms with Gasteiger partial charge in [-0.15, -0.1) is 10.2 Å². The van der Waals surface area contributed by atoms with Crippen LogP contribution in [0.1, 0.15) is 5.56 Å². The van der Waals surface area contributed by atoms with Crippen LogP contribution >= 0.6 is 11.8 Å². The lowest BCUT2D eigenvalue weighted by molar-refractivity contribution is -0.132. The fraction of sp³-hybridized carbons (Fsp3) is 0.286. The van der Waals surface area contributed by atoms with Gasteiger partial charge in [0.25, 0.3) is 0 Å². The van der Waals surface area contributed by atoms with Crippen molar-refractivity contribution < 1.29 is 9.53 Å². The van der Waals surface area contributed by atoms with Gasteiger partial charge in [0.15, 0.2) is 11.0 Å². The molecule has 1 aromatic heterocycles. The number of carbonyl (C=O) groups is 1. The Hall–Kier alpha value is -2.64. The van der Waals surface area contributed by atoms with Crippen molar-refractivity contribution in [3.63, 3.8) is 0 Å². The molecule has 0 N–H and O–H groups in total. The number of hydrogen-bond acceptors (Lipinski definition) is 5. The molecule has 0 aliphatic carbocycles. The van der Waals surface area contributed by atoms with Gasteiger partial charge in [0.1, 0.15) is 0 Å². The van der Waals surface area contributed by atoms with Gasteiger partial charge in [-0.05, 0) is 18.6 Å². The number of rotatable bonds is 5. The summed E-state index contributed by atoms with van der Waals surface area (Å²) in [5, 5.41) is 9.57. The number of ether oxygens (including phenoxy) is 1. The van der Waals surface area contributed by atoms with E-state index in [1.165, 1.54) is 11.8 Å². The van der Waals surface area contributed by atoms with E-state index >= 15 is 0 Å². The summed E-state index contributed by atoms with van der Waals surface area (Å²) >= 11 is 1.43. The van der Waals surface area contributed by atoms with E-state index in [-0.39, 0.29) is 5.91 Å². The number of nitrogens with zero attached hydrogens (tertiary/aromatic N) is 4. The van der Waals surface area contributed by atoms with Crippen LogP contribution in [0.2, 0.25) is 0 Å². The van der Waals surface area contributed by atoms with Gasteiger partial charge in [-0.1, -0.05) is 60.3 Å². The number of amides is 1. The summed E-state index contributed by atoms with van der Waals surface area (Å²) in [6, 6.07) is 18.1. The smallest absolute Gasteiger partial charge is 0.233 e. The first kappa shape index (κ1) is 18.7. The average molecular weight is 395 g/mol. The van der Waals surface area contributed by atoms with Crippen LogP contribution in [0.3, 0.4) is 0 Å². The van der Waals surface area contributed by atoms with Crippen molar-refractivity contribution in [3.8, 4) is 17.1 Å². The van der Waals surface area contributed by atoms with Gasteiger partial charge in [-0.25, -0.2) is 0 Å². The fourth-order valence-corrected chi connectivity index (χ4v) is 4.05. The summed E-state index contributed by atoms with van der Waals surface area (Å²) in [7, 11) is 0. The molecule has 2 heterocycles. The molecule has 1 amide bonds. The van der Waals surface area contributed by atoms with Crippen LogP contribution in [0.25, 0.3) is 17.1 Å². The molecule has 1 aliphatic rings. The predicted octanol–water partition coefficient (Wildman–Crippen LogP) is 3.19. The molecule has 1 saturated heterocycles. The normalized spacial score (nSPS) is 14.2. The number of thioether (sulfide) groups is 1. The lowest BCUT2D eigenvalue weighted by Crippen LogP contribution is -2.41. The van der Waals surface area contributed by atoms with Crippen LogP contribution in [0.5, 0.6) is 0 Å². The molecule has 6 nitrogen and oxygen atoms in total. The van der Waals surface area contributed by atoms with Crippen LogP contribution < -0.4 is 0 Å². The van der Waals surface area contributed by atoms with Crippen molar-refractivity contribution in [1.82, 2.24) is 19.7 Å². The molecule has 0 radical (unpaired) electrons. The molecule has 0 unspecified atom stereocenters. The van der Waals surface area contributed by atoms with Crippen molar-refractivity contribution in [2.45, 2.75) is 12.1 Å². The predicted molar refractivity (Wildman–Crippen MR) is 110 cm³/mol. The van der Waals surface area contributed by atoms with Gasteiger partial charge >= 0.3 is 0 Å². The van der Waals surface area contributed by atoms with Gasteiger partial charge in [0.2, 0.25) is 5.91 Å². The number of morpholine rings is 1. The number of para-hydroxylation sites is 1. The standard InChI is InChI=1S/C21H22N4O2S/c1-16-7-5-6-10-18(16)25-20(17-8-3-2-4-9-17)22-23-21(25)28-15-19(26)24-11-13-27-14-12-24/h2-10H,11-15H2,1H3. The van der Waals surface area contributed by atoms with Crippen molar-refractivity contribution >= 4 is 17.7 Å². The maximum absolute atomic E-state index is 12.6. The minimum absolute atomic E-state index is 0.105. The van der Waals surface area contributed by atoms with Crippen LogP contribution in [-0.4, -0.2) is 57.6 Å². The van der Waals surface area contributed by atoms with Crippen molar-refractivity contribution in [2.75, 3.05) is 32.1 Å². The lowest BCUT2D eigenvalue weighted by Gasteiger charge is -2.26. The minimum atomic E-state index is 0.105. The number of aryl methyl sites for hydroxylation is 1. The molecule has 7 heteroatoms. The maximum Gasteiger partial charge on any atom is 0.233 e. The molecule has 1 fully saturated rings. The van der Waals surface area contributed by atoms with E-state index < -0.39 is 0 Å². The first-order valence-corrected chi connectivity index (χ1v) is 10.3. The number of carbonyl (C=O) groups excluding carboxylic acids is 1. The monoisotopic (exact) mass is 394 g/mol. The van der Waals surface area contributed by atoms with Crippen molar-refractivity contribution in [2.24, 2.45) is 0 Å². The average Bonchev–Trinajstić information content (AvgIpc) is 3.17. The largest absolute Gasteiger partial charge is 0.378 e. The Morgan fingerprint density at radius 2 is 1.75 bits per heavy atom. The highest BCUT2D eigenvalue weighted by Crippen LogP contribution is 2.29. The van der Waals surface area contributed by atoms with Gasteiger partial charge in [-0.3, -0.25) is 9.36 Å². The fourth-order valence-electron chi connectivity index (χ4n) is 3.20. The van der Waals surface area contributed by atoms with E-state index in [2.05, 4.69) is 29.3 Å². The highest BCUT2D eigenvalue weighted by molar-refractivity contribution is 7.99. The molecule has 0 atom stereocenters. The van der Waals surface area contributed by atoms with Crippen LogP contribution in [0.15, 0.2) is 59.8 Å². The Bertz CT molecular complexity index is 952. The van der Waals surface area contributed by atoms with E-state index in [0.29, 0.717) is 32.1 Å². The Kier molecular flexibility index (Phi) is 5.73. The van der Waals surface area contributed by atoms with Gasteiger partial charge < -0.3 is 9.64 Å². The molecule has 0 bridgehead atoms. The van der Waals surface area contributed by atoms with Gasteiger partial charge in [-0.2, -0.15) is 0 Å². The molecule has 0 saturated carbocycles. The third-order valence-electron chi connectivity index (χ3n) is 4.71. The lowest BCUT2D eigenvalue weighted by atomic mass is 10.1. The topological polar surface area (TPSA) is 60.2 Å². The summed E-state index contributed by atoms with van der Waals surface area (Å²) < 4.78 is 7.37. The van der Waals surface area contributed by atoms with E-state index in [1.807, 2.05) is 51.9 Å². The second-order valence-corrected chi connectivity index (χ2v) is 7.52. The van der Waals surface area contributed by atoms with E-state index in [9.17, 15) is 4.79 Å². The molecule has 28 heavy (non-hydrogen) atoms. The molecule has 2 aromatic carbocycles. The summed E-state index contributed by atoms with van der Waals surface area (Å²) in [5.41, 5.74) is 3.14. The zero-order valence-corrected chi connectivity index (χ0v) is 16.6. The first-order valence-electron chi connectivity index (χ1n) is 9.29. The highest BCUT2D eigenvalue weighted by atomic mass is 32.2. The summed E-state index contributed by atoms with van der Waals surface area (Å²) in [5.74, 6) is 1.21. The highest BCUT2D eigenvalue weighted by Gasteiger charge is 2.21. The SMILES string of the molecule is Cc1ccccc1-n1c(SCC(=O)N2CCOCC2)nnc1-c1ccccc1. The molecule has 0 spiro atoms. The summed E-state index contributed by atoms with van der Waals surface area (Å²) in [4.78, 5) is 14.4. The second kappa shape index (κ2) is 8.58. The molecular formula is C21H22N4O2S. The maximum atomic E-state index is 12.6. The van der Waals surface area contributed by atoms with Gasteiger partial charge in [0.05, 0.1) is 24.7 Å². The van der Waals surface area contributed by atoms with E-state index in [0.717, 1.165) is 27.8 Å². The Balaban J connectivity index is 1.65. The number of aromatic nitrogens is 3. The Morgan fingerprint density at radius 3 is 2.50 bits per heavy atom. The summed E-state index contributed by atoms with van der Waals surface area (Å²) in [6.07, 6.45) is 0. The molecule has 1 aliphatic heterocycles. The third kappa shape index (κ3) is 3.95. The quantitative estimate of drug-likeness (QED) is 0.622. The third-order valence-corrected chi connectivity index (χ3v) is 5.62. The zero-order chi connectivity index (χ0) is 19.3. The van der Waals surface area contributed by atoms with Gasteiger partial charge in [0, 0.05) is 18.7 Å². The summed E-state index contributed by atoms with van der Waals surface area (Å²) in [6.45, 7) is 4.58. The van der Waals surface area contributed by atoms with Crippen LogP contribution in [0.4, 0.5) is 0 Å². The molecule has 3 aromatic rings. The minimum Gasteiger partial charge on any atom is -0.378 e. The van der Waals surface area contributed by atoms with Crippen LogP contribution in [-0.2, 0) is 9.53 Å². The van der Waals surface area contributed by atoms with E-state index in [1.54, 1.807) is 0 Å².